The van der Waals surface area contributed by atoms with Gasteiger partial charge in [0.1, 0.15) is 5.82 Å². The molecule has 2 fully saturated rings. The maximum Gasteiger partial charge on any atom is 0.123 e. The zero-order valence-corrected chi connectivity index (χ0v) is 18.9. The molecule has 168 valence electrons. The summed E-state index contributed by atoms with van der Waals surface area (Å²) in [6.07, 6.45) is 8.82. The molecule has 4 aromatic rings. The number of piperidine rings is 1. The van der Waals surface area contributed by atoms with Gasteiger partial charge in [-0.25, -0.2) is 9.37 Å². The molecule has 5 nitrogen and oxygen atoms in total. The number of nitrogens with zero attached hydrogens (tertiary/aromatic N) is 4. The van der Waals surface area contributed by atoms with Crippen molar-refractivity contribution in [2.24, 2.45) is 7.05 Å². The van der Waals surface area contributed by atoms with Crippen LogP contribution in [0, 0.1) is 5.82 Å². The van der Waals surface area contributed by atoms with Crippen molar-refractivity contribution in [3.8, 4) is 22.5 Å². The number of aromatic nitrogens is 3. The van der Waals surface area contributed by atoms with Crippen LogP contribution in [0.5, 0.6) is 0 Å². The first-order chi connectivity index (χ1) is 16.1. The average molecular weight is 442 g/mol. The molecule has 0 aliphatic carbocycles. The second kappa shape index (κ2) is 7.96. The molecule has 33 heavy (non-hydrogen) atoms. The molecular weight excluding hydrogens is 413 g/mol. The molecule has 2 aliphatic rings. The smallest absolute Gasteiger partial charge is 0.123 e. The zero-order chi connectivity index (χ0) is 22.4. The maximum absolute atomic E-state index is 13.4. The topological polar surface area (TPSA) is 46.0 Å². The van der Waals surface area contributed by atoms with Gasteiger partial charge in [0.25, 0.3) is 0 Å². The van der Waals surface area contributed by atoms with Gasteiger partial charge in [-0.1, -0.05) is 6.07 Å². The monoisotopic (exact) mass is 441 g/mol. The van der Waals surface area contributed by atoms with E-state index in [1.807, 2.05) is 24.1 Å². The summed E-state index contributed by atoms with van der Waals surface area (Å²) in [5.74, 6) is -0.243. The summed E-state index contributed by atoms with van der Waals surface area (Å²) < 4.78 is 15.5. The molecule has 2 aliphatic heterocycles. The second-order valence-corrected chi connectivity index (χ2v) is 9.46. The molecule has 2 aromatic carbocycles. The van der Waals surface area contributed by atoms with Crippen LogP contribution in [0.2, 0.25) is 0 Å². The standard InChI is InChI=1S/C27H28FN5/c1-32-18-30-25(19-3-6-22(28)7-4-19)26(32)20-5-8-24-21(15-20)16-23(17-29-24)33-13-10-27(11-14-33)9-2-12-31-27/h3-8,15-18,31H,2,9-14H2,1H3. The van der Waals surface area contributed by atoms with Gasteiger partial charge in [0.15, 0.2) is 0 Å². The third kappa shape index (κ3) is 3.68. The van der Waals surface area contributed by atoms with Crippen LogP contribution in [0.15, 0.2) is 61.1 Å². The van der Waals surface area contributed by atoms with Crippen molar-refractivity contribution in [2.75, 3.05) is 24.5 Å². The molecule has 6 rings (SSSR count). The average Bonchev–Trinajstić information content (AvgIpc) is 3.46. The molecule has 0 atom stereocenters. The van der Waals surface area contributed by atoms with E-state index in [1.165, 1.54) is 43.5 Å². The lowest BCUT2D eigenvalue weighted by atomic mass is 9.86. The number of hydrogen-bond donors (Lipinski definition) is 1. The Balaban J connectivity index is 1.33. The van der Waals surface area contributed by atoms with E-state index in [0.29, 0.717) is 5.54 Å². The SMILES string of the molecule is Cn1cnc(-c2ccc(F)cc2)c1-c1ccc2ncc(N3CCC4(CCCN4)CC3)cc2c1. The molecule has 0 amide bonds. The molecule has 2 saturated heterocycles. The zero-order valence-electron chi connectivity index (χ0n) is 18.9. The molecule has 1 N–H and O–H groups in total. The molecule has 1 spiro atoms. The van der Waals surface area contributed by atoms with Crippen LogP contribution in [-0.4, -0.2) is 39.7 Å². The van der Waals surface area contributed by atoms with E-state index < -0.39 is 0 Å². The van der Waals surface area contributed by atoms with Crippen LogP contribution in [0.4, 0.5) is 10.1 Å². The number of benzene rings is 2. The van der Waals surface area contributed by atoms with Crippen LogP contribution in [0.1, 0.15) is 25.7 Å². The third-order valence-electron chi connectivity index (χ3n) is 7.41. The summed E-state index contributed by atoms with van der Waals surface area (Å²) >= 11 is 0. The molecule has 6 heteroatoms. The van der Waals surface area contributed by atoms with Crippen LogP contribution >= 0.6 is 0 Å². The van der Waals surface area contributed by atoms with Crippen molar-refractivity contribution in [3.63, 3.8) is 0 Å². The number of fused-ring (bicyclic) bond motifs is 1. The predicted octanol–water partition coefficient (Wildman–Crippen LogP) is 5.16. The van der Waals surface area contributed by atoms with Gasteiger partial charge in [0, 0.05) is 42.2 Å². The van der Waals surface area contributed by atoms with Gasteiger partial charge >= 0.3 is 0 Å². The number of imidazole rings is 1. The number of rotatable bonds is 3. The van der Waals surface area contributed by atoms with E-state index in [-0.39, 0.29) is 5.82 Å². The lowest BCUT2D eigenvalue weighted by Gasteiger charge is -2.40. The summed E-state index contributed by atoms with van der Waals surface area (Å²) in [7, 11) is 1.99. The van der Waals surface area contributed by atoms with Gasteiger partial charge < -0.3 is 14.8 Å². The van der Waals surface area contributed by atoms with Crippen LogP contribution in [-0.2, 0) is 7.05 Å². The number of halogens is 1. The summed E-state index contributed by atoms with van der Waals surface area (Å²) in [4.78, 5) is 11.8. The van der Waals surface area contributed by atoms with E-state index >= 15 is 0 Å². The largest absolute Gasteiger partial charge is 0.370 e. The minimum absolute atomic E-state index is 0.243. The highest BCUT2D eigenvalue weighted by molar-refractivity contribution is 5.89. The second-order valence-electron chi connectivity index (χ2n) is 9.46. The van der Waals surface area contributed by atoms with E-state index in [9.17, 15) is 4.39 Å². The van der Waals surface area contributed by atoms with Crippen molar-refractivity contribution in [3.05, 3.63) is 66.9 Å². The van der Waals surface area contributed by atoms with Crippen LogP contribution in [0.3, 0.4) is 0 Å². The molecule has 0 saturated carbocycles. The Morgan fingerprint density at radius 1 is 0.939 bits per heavy atom. The Morgan fingerprint density at radius 2 is 1.73 bits per heavy atom. The molecule has 2 aromatic heterocycles. The molecule has 0 bridgehead atoms. The minimum atomic E-state index is -0.243. The van der Waals surface area contributed by atoms with Crippen LogP contribution < -0.4 is 10.2 Å². The van der Waals surface area contributed by atoms with E-state index in [2.05, 4.69) is 39.5 Å². The number of nitrogens with one attached hydrogen (secondary N) is 1. The van der Waals surface area contributed by atoms with E-state index in [4.69, 9.17) is 4.98 Å². The first-order valence-electron chi connectivity index (χ1n) is 11.8. The summed E-state index contributed by atoms with van der Waals surface area (Å²) in [6, 6.07) is 15.1. The predicted molar refractivity (Wildman–Crippen MR) is 131 cm³/mol. The fraction of sp³-hybridized carbons (Fsp3) is 0.333. The number of hydrogen-bond acceptors (Lipinski definition) is 4. The highest BCUT2D eigenvalue weighted by atomic mass is 19.1. The quantitative estimate of drug-likeness (QED) is 0.477. The molecular formula is C27H28FN5. The van der Waals surface area contributed by atoms with Crippen LogP contribution in [0.25, 0.3) is 33.4 Å². The minimum Gasteiger partial charge on any atom is -0.370 e. The number of pyridine rings is 1. The Labute approximate surface area is 193 Å². The summed E-state index contributed by atoms with van der Waals surface area (Å²) in [6.45, 7) is 3.29. The van der Waals surface area contributed by atoms with Crippen molar-refractivity contribution in [1.82, 2.24) is 19.9 Å². The van der Waals surface area contributed by atoms with Crippen molar-refractivity contribution in [2.45, 2.75) is 31.2 Å². The number of aryl methyl sites for hydroxylation is 1. The Bertz CT molecular complexity index is 1290. The van der Waals surface area contributed by atoms with Gasteiger partial charge in [-0.05, 0) is 74.7 Å². The molecule has 4 heterocycles. The van der Waals surface area contributed by atoms with Gasteiger partial charge in [-0.15, -0.1) is 0 Å². The highest BCUT2D eigenvalue weighted by Gasteiger charge is 2.36. The Morgan fingerprint density at radius 3 is 2.48 bits per heavy atom. The van der Waals surface area contributed by atoms with E-state index in [0.717, 1.165) is 53.1 Å². The lowest BCUT2D eigenvalue weighted by molar-refractivity contribution is 0.297. The van der Waals surface area contributed by atoms with E-state index in [1.54, 1.807) is 12.1 Å². The van der Waals surface area contributed by atoms with Crippen molar-refractivity contribution < 1.29 is 4.39 Å². The third-order valence-corrected chi connectivity index (χ3v) is 7.41. The van der Waals surface area contributed by atoms with Gasteiger partial charge in [-0.3, -0.25) is 4.98 Å². The maximum atomic E-state index is 13.4. The Kier molecular flexibility index (Phi) is 4.91. The van der Waals surface area contributed by atoms with Gasteiger partial charge in [-0.2, -0.15) is 0 Å². The van der Waals surface area contributed by atoms with Crippen molar-refractivity contribution in [1.29, 1.82) is 0 Å². The molecule has 0 unspecified atom stereocenters. The first kappa shape index (κ1) is 20.4. The fourth-order valence-electron chi connectivity index (χ4n) is 5.52. The van der Waals surface area contributed by atoms with Crippen molar-refractivity contribution >= 4 is 16.6 Å². The summed E-state index contributed by atoms with van der Waals surface area (Å²) in [5.41, 5.74) is 6.39. The van der Waals surface area contributed by atoms with Gasteiger partial charge in [0.2, 0.25) is 0 Å². The fourth-order valence-corrected chi connectivity index (χ4v) is 5.52. The lowest BCUT2D eigenvalue weighted by Crippen LogP contribution is -2.50. The highest BCUT2D eigenvalue weighted by Crippen LogP contribution is 2.35. The summed E-state index contributed by atoms with van der Waals surface area (Å²) in [5, 5.41) is 4.87. The normalized spacial score (nSPS) is 17.8. The molecule has 0 radical (unpaired) electrons. The van der Waals surface area contributed by atoms with Gasteiger partial charge in [0.05, 0.1) is 35.1 Å². The number of anilines is 1. The Hall–Kier alpha value is -3.25. The first-order valence-corrected chi connectivity index (χ1v) is 11.8.